The largest absolute Gasteiger partial charge is 0.494 e. The van der Waals surface area contributed by atoms with Gasteiger partial charge in [0.15, 0.2) is 0 Å². The van der Waals surface area contributed by atoms with Crippen molar-refractivity contribution in [3.63, 3.8) is 0 Å². The SMILES string of the molecule is CCOc1cc(N)cc(C(=O)OCc2nc(C)c(C)s2)c1. The van der Waals surface area contributed by atoms with Crippen molar-refractivity contribution in [1.82, 2.24) is 4.98 Å². The Labute approximate surface area is 127 Å². The second-order valence-corrected chi connectivity index (χ2v) is 5.84. The van der Waals surface area contributed by atoms with E-state index in [0.29, 0.717) is 23.6 Å². The van der Waals surface area contributed by atoms with Crippen LogP contribution in [0, 0.1) is 13.8 Å². The number of carbonyl (C=O) groups is 1. The molecule has 0 aliphatic heterocycles. The first-order chi connectivity index (χ1) is 9.99. The van der Waals surface area contributed by atoms with Gasteiger partial charge in [-0.2, -0.15) is 0 Å². The van der Waals surface area contributed by atoms with Crippen LogP contribution in [0.2, 0.25) is 0 Å². The lowest BCUT2D eigenvalue weighted by Gasteiger charge is -2.08. The Kier molecular flexibility index (Phi) is 4.80. The van der Waals surface area contributed by atoms with Crippen LogP contribution in [0.1, 0.15) is 32.9 Å². The van der Waals surface area contributed by atoms with Crippen molar-refractivity contribution in [1.29, 1.82) is 0 Å². The van der Waals surface area contributed by atoms with Crippen molar-refractivity contribution in [2.24, 2.45) is 0 Å². The fourth-order valence-corrected chi connectivity index (χ4v) is 2.65. The zero-order chi connectivity index (χ0) is 15.4. The molecule has 2 rings (SSSR count). The summed E-state index contributed by atoms with van der Waals surface area (Å²) in [4.78, 5) is 17.5. The molecule has 0 saturated carbocycles. The topological polar surface area (TPSA) is 74.4 Å². The molecule has 6 heteroatoms. The highest BCUT2D eigenvalue weighted by atomic mass is 32.1. The van der Waals surface area contributed by atoms with Crippen LogP contribution in [-0.2, 0) is 11.3 Å². The molecule has 1 heterocycles. The third-order valence-corrected chi connectivity index (χ3v) is 3.92. The fourth-order valence-electron chi connectivity index (χ4n) is 1.80. The van der Waals surface area contributed by atoms with Crippen LogP contribution >= 0.6 is 11.3 Å². The number of carbonyl (C=O) groups excluding carboxylic acids is 1. The van der Waals surface area contributed by atoms with Crippen LogP contribution in [0.5, 0.6) is 5.75 Å². The summed E-state index contributed by atoms with van der Waals surface area (Å²) in [5.41, 5.74) is 7.57. The van der Waals surface area contributed by atoms with Gasteiger partial charge in [0.1, 0.15) is 17.4 Å². The second kappa shape index (κ2) is 6.58. The molecule has 0 unspecified atom stereocenters. The van der Waals surface area contributed by atoms with Gasteiger partial charge < -0.3 is 15.2 Å². The van der Waals surface area contributed by atoms with Gasteiger partial charge in [-0.25, -0.2) is 9.78 Å². The molecule has 0 spiro atoms. The zero-order valence-corrected chi connectivity index (χ0v) is 13.1. The number of nitrogen functional groups attached to an aromatic ring is 1. The lowest BCUT2D eigenvalue weighted by atomic mass is 10.2. The van der Waals surface area contributed by atoms with Crippen molar-refractivity contribution in [3.05, 3.63) is 39.3 Å². The van der Waals surface area contributed by atoms with Crippen molar-refractivity contribution in [2.75, 3.05) is 12.3 Å². The molecule has 0 amide bonds. The summed E-state index contributed by atoms with van der Waals surface area (Å²) >= 11 is 1.53. The highest BCUT2D eigenvalue weighted by Crippen LogP contribution is 2.21. The standard InChI is InChI=1S/C15H18N2O3S/c1-4-19-13-6-11(5-12(16)7-13)15(18)20-8-14-17-9(2)10(3)21-14/h5-7H,4,8,16H2,1-3H3. The van der Waals surface area contributed by atoms with Crippen LogP contribution in [0.4, 0.5) is 5.69 Å². The molecule has 1 aromatic heterocycles. The van der Waals surface area contributed by atoms with Crippen LogP contribution in [0.15, 0.2) is 18.2 Å². The van der Waals surface area contributed by atoms with E-state index in [0.717, 1.165) is 15.6 Å². The molecular formula is C15H18N2O3S. The molecular weight excluding hydrogens is 288 g/mol. The number of nitrogens with two attached hydrogens (primary N) is 1. The Hall–Kier alpha value is -2.08. The Balaban J connectivity index is 2.06. The molecule has 0 atom stereocenters. The Bertz CT molecular complexity index is 633. The van der Waals surface area contributed by atoms with E-state index in [1.54, 1.807) is 18.2 Å². The summed E-state index contributed by atoms with van der Waals surface area (Å²) in [5, 5.41) is 0.785. The van der Waals surface area contributed by atoms with Crippen molar-refractivity contribution in [2.45, 2.75) is 27.4 Å². The first kappa shape index (κ1) is 15.3. The third-order valence-electron chi connectivity index (χ3n) is 2.88. The number of esters is 1. The predicted molar refractivity (Wildman–Crippen MR) is 82.7 cm³/mol. The van der Waals surface area contributed by atoms with Gasteiger partial charge in [0.25, 0.3) is 0 Å². The molecule has 112 valence electrons. The lowest BCUT2D eigenvalue weighted by molar-refractivity contribution is 0.0472. The second-order valence-electron chi connectivity index (χ2n) is 4.55. The van der Waals surface area contributed by atoms with E-state index >= 15 is 0 Å². The number of aryl methyl sites for hydroxylation is 2. The monoisotopic (exact) mass is 306 g/mol. The van der Waals surface area contributed by atoms with Gasteiger partial charge in [-0.1, -0.05) is 0 Å². The minimum absolute atomic E-state index is 0.164. The number of nitrogens with zero attached hydrogens (tertiary/aromatic N) is 1. The Morgan fingerprint density at radius 1 is 1.33 bits per heavy atom. The van der Waals surface area contributed by atoms with Crippen LogP contribution < -0.4 is 10.5 Å². The van der Waals surface area contributed by atoms with Gasteiger partial charge in [-0.3, -0.25) is 0 Å². The van der Waals surface area contributed by atoms with E-state index in [2.05, 4.69) is 4.98 Å². The Morgan fingerprint density at radius 2 is 2.10 bits per heavy atom. The number of thiazole rings is 1. The number of hydrogen-bond donors (Lipinski definition) is 1. The van der Waals surface area contributed by atoms with Crippen LogP contribution in [0.25, 0.3) is 0 Å². The van der Waals surface area contributed by atoms with Crippen molar-refractivity contribution >= 4 is 23.0 Å². The van der Waals surface area contributed by atoms with Crippen LogP contribution in [0.3, 0.4) is 0 Å². The molecule has 0 aliphatic rings. The number of aromatic nitrogens is 1. The van der Waals surface area contributed by atoms with E-state index in [4.69, 9.17) is 15.2 Å². The number of hydrogen-bond acceptors (Lipinski definition) is 6. The van der Waals surface area contributed by atoms with Gasteiger partial charge in [-0.05, 0) is 32.9 Å². The quantitative estimate of drug-likeness (QED) is 0.678. The molecule has 0 bridgehead atoms. The smallest absolute Gasteiger partial charge is 0.338 e. The van der Waals surface area contributed by atoms with Crippen molar-refractivity contribution < 1.29 is 14.3 Å². The highest BCUT2D eigenvalue weighted by Gasteiger charge is 2.12. The molecule has 2 aromatic rings. The number of anilines is 1. The maximum atomic E-state index is 12.1. The van der Waals surface area contributed by atoms with Gasteiger partial charge in [0.2, 0.25) is 0 Å². The summed E-state index contributed by atoms with van der Waals surface area (Å²) in [6, 6.07) is 4.87. The summed E-state index contributed by atoms with van der Waals surface area (Å²) < 4.78 is 10.6. The molecule has 1 aromatic carbocycles. The van der Waals surface area contributed by atoms with E-state index in [9.17, 15) is 4.79 Å². The number of benzene rings is 1. The minimum Gasteiger partial charge on any atom is -0.494 e. The van der Waals surface area contributed by atoms with Crippen LogP contribution in [-0.4, -0.2) is 17.6 Å². The normalized spacial score (nSPS) is 10.4. The maximum absolute atomic E-state index is 12.1. The molecule has 0 aliphatic carbocycles. The first-order valence-corrected chi connectivity index (χ1v) is 7.44. The van der Waals surface area contributed by atoms with Gasteiger partial charge in [0.05, 0.1) is 17.9 Å². The number of rotatable bonds is 5. The maximum Gasteiger partial charge on any atom is 0.338 e. The molecule has 0 radical (unpaired) electrons. The summed E-state index contributed by atoms with van der Waals surface area (Å²) in [6.07, 6.45) is 0. The van der Waals surface area contributed by atoms with Gasteiger partial charge in [-0.15, -0.1) is 11.3 Å². The molecule has 2 N–H and O–H groups in total. The van der Waals surface area contributed by atoms with E-state index < -0.39 is 5.97 Å². The zero-order valence-electron chi connectivity index (χ0n) is 12.3. The van der Waals surface area contributed by atoms with E-state index in [1.165, 1.54) is 11.3 Å². The minimum atomic E-state index is -0.436. The molecule has 5 nitrogen and oxygen atoms in total. The molecule has 21 heavy (non-hydrogen) atoms. The average Bonchev–Trinajstić information content (AvgIpc) is 2.75. The van der Waals surface area contributed by atoms with Gasteiger partial charge in [0, 0.05) is 16.6 Å². The summed E-state index contributed by atoms with van der Waals surface area (Å²) in [7, 11) is 0. The third kappa shape index (κ3) is 3.95. The van der Waals surface area contributed by atoms with E-state index in [-0.39, 0.29) is 6.61 Å². The molecule has 0 saturated heterocycles. The summed E-state index contributed by atoms with van der Waals surface area (Å²) in [6.45, 7) is 6.47. The van der Waals surface area contributed by atoms with Gasteiger partial charge >= 0.3 is 5.97 Å². The summed E-state index contributed by atoms with van der Waals surface area (Å²) in [5.74, 6) is 0.124. The lowest BCUT2D eigenvalue weighted by Crippen LogP contribution is -2.06. The Morgan fingerprint density at radius 3 is 2.71 bits per heavy atom. The predicted octanol–water partition coefficient (Wildman–Crippen LogP) is 3.10. The fraction of sp³-hybridized carbons (Fsp3) is 0.333. The first-order valence-electron chi connectivity index (χ1n) is 6.63. The average molecular weight is 306 g/mol. The molecule has 0 fully saturated rings. The highest BCUT2D eigenvalue weighted by molar-refractivity contribution is 7.11. The number of ether oxygens (including phenoxy) is 2. The van der Waals surface area contributed by atoms with Crippen molar-refractivity contribution in [3.8, 4) is 5.75 Å². The van der Waals surface area contributed by atoms with E-state index in [1.807, 2.05) is 20.8 Å².